The summed E-state index contributed by atoms with van der Waals surface area (Å²) in [6.45, 7) is 11.3. The first-order valence-electron chi connectivity index (χ1n) is 4.83. The smallest absolute Gasteiger partial charge is 0.372 e. The van der Waals surface area contributed by atoms with Gasteiger partial charge in [0.2, 0.25) is 6.10 Å². The summed E-state index contributed by atoms with van der Waals surface area (Å²) in [5.74, 6) is -1.93. The Labute approximate surface area is 105 Å². The summed E-state index contributed by atoms with van der Waals surface area (Å²) >= 11 is 0. The summed E-state index contributed by atoms with van der Waals surface area (Å²) in [7, 11) is 0. The van der Waals surface area contributed by atoms with E-state index in [1.165, 1.54) is 6.08 Å². The van der Waals surface area contributed by atoms with Crippen LogP contribution < -0.4 is 0 Å². The predicted molar refractivity (Wildman–Crippen MR) is 64.3 cm³/mol. The number of hydrogen-bond acceptors (Lipinski definition) is 6. The fourth-order valence-electron chi connectivity index (χ4n) is 0.515. The fourth-order valence-corrected chi connectivity index (χ4v) is 0.515. The zero-order valence-corrected chi connectivity index (χ0v) is 10.1. The average Bonchev–Trinajstić information content (AvgIpc) is 2.36. The molecular formula is C12H15NO5. The number of carbonyl (C=O) groups is 2. The van der Waals surface area contributed by atoms with Gasteiger partial charge in [0, 0.05) is 6.08 Å². The van der Waals surface area contributed by atoms with Crippen molar-refractivity contribution < 1.29 is 24.2 Å². The Kier molecular flexibility index (Phi) is 10.8. The van der Waals surface area contributed by atoms with E-state index in [9.17, 15) is 9.59 Å². The minimum Gasteiger partial charge on any atom is -0.502 e. The number of rotatable bonds is 5. The molecule has 0 aliphatic heterocycles. The van der Waals surface area contributed by atoms with E-state index < -0.39 is 23.8 Å². The average molecular weight is 253 g/mol. The van der Waals surface area contributed by atoms with Crippen molar-refractivity contribution in [2.24, 2.45) is 0 Å². The summed E-state index contributed by atoms with van der Waals surface area (Å²) in [6.07, 6.45) is 1.36. The van der Waals surface area contributed by atoms with Gasteiger partial charge in [-0.25, -0.2) is 9.59 Å². The number of hydrogen-bond donors (Lipinski definition) is 1. The molecule has 0 aromatic rings. The highest BCUT2D eigenvalue weighted by atomic mass is 16.5. The molecule has 0 aromatic carbocycles. The molecule has 0 radical (unpaired) electrons. The Morgan fingerprint density at radius 3 is 2.28 bits per heavy atom. The van der Waals surface area contributed by atoms with Crippen LogP contribution in [0.1, 0.15) is 6.92 Å². The number of aliphatic hydroxyl groups excluding tert-OH is 1. The number of nitriles is 1. The first-order chi connectivity index (χ1) is 8.42. The van der Waals surface area contributed by atoms with Crippen molar-refractivity contribution in [3.63, 3.8) is 0 Å². The highest BCUT2D eigenvalue weighted by Crippen LogP contribution is 1.91. The molecule has 18 heavy (non-hydrogen) atoms. The Bertz CT molecular complexity index is 367. The van der Waals surface area contributed by atoms with Crippen LogP contribution in [0.15, 0.2) is 37.6 Å². The predicted octanol–water partition coefficient (Wildman–Crippen LogP) is 1.41. The van der Waals surface area contributed by atoms with Crippen LogP contribution in [-0.4, -0.2) is 29.8 Å². The second-order valence-electron chi connectivity index (χ2n) is 2.59. The molecule has 0 heterocycles. The summed E-state index contributed by atoms with van der Waals surface area (Å²) in [4.78, 5) is 20.6. The fraction of sp³-hybridized carbons (Fsp3) is 0.250. The molecule has 0 amide bonds. The van der Waals surface area contributed by atoms with E-state index in [2.05, 4.69) is 29.2 Å². The number of carbonyl (C=O) groups excluding carboxylic acids is 2. The first kappa shape index (κ1) is 17.8. The number of esters is 2. The van der Waals surface area contributed by atoms with Crippen LogP contribution in [0.5, 0.6) is 0 Å². The van der Waals surface area contributed by atoms with Crippen LogP contribution in [0.25, 0.3) is 0 Å². The van der Waals surface area contributed by atoms with Gasteiger partial charge in [-0.2, -0.15) is 5.26 Å². The molecule has 0 aliphatic rings. The van der Waals surface area contributed by atoms with E-state index in [1.807, 2.05) is 0 Å². The molecule has 0 bridgehead atoms. The Balaban J connectivity index is 0. The molecule has 1 atom stereocenters. The maximum atomic E-state index is 10.4. The summed E-state index contributed by atoms with van der Waals surface area (Å²) in [5.41, 5.74) is 0. The van der Waals surface area contributed by atoms with Crippen LogP contribution in [-0.2, 0) is 19.1 Å². The monoisotopic (exact) mass is 253 g/mol. The zero-order valence-electron chi connectivity index (χ0n) is 10.1. The van der Waals surface area contributed by atoms with Gasteiger partial charge in [-0.05, 0) is 19.6 Å². The second-order valence-corrected chi connectivity index (χ2v) is 2.59. The number of nitrogens with zero attached hydrogens (tertiary/aromatic N) is 1. The van der Waals surface area contributed by atoms with E-state index in [4.69, 9.17) is 10.4 Å². The lowest BCUT2D eigenvalue weighted by Gasteiger charge is -2.01. The third-order valence-corrected chi connectivity index (χ3v) is 1.26. The van der Waals surface area contributed by atoms with E-state index in [0.29, 0.717) is 0 Å². The van der Waals surface area contributed by atoms with E-state index in [0.717, 1.165) is 6.08 Å². The molecular weight excluding hydrogens is 238 g/mol. The van der Waals surface area contributed by atoms with E-state index in [-0.39, 0.29) is 6.61 Å². The largest absolute Gasteiger partial charge is 0.502 e. The van der Waals surface area contributed by atoms with Gasteiger partial charge in [0.15, 0.2) is 5.76 Å². The highest BCUT2D eigenvalue weighted by molar-refractivity contribution is 5.84. The molecule has 0 saturated carbocycles. The van der Waals surface area contributed by atoms with Crippen molar-refractivity contribution in [2.75, 3.05) is 6.61 Å². The van der Waals surface area contributed by atoms with Crippen molar-refractivity contribution in [2.45, 2.75) is 13.0 Å². The molecule has 0 aliphatic carbocycles. The van der Waals surface area contributed by atoms with Crippen LogP contribution in [0.2, 0.25) is 0 Å². The molecule has 6 nitrogen and oxygen atoms in total. The van der Waals surface area contributed by atoms with Crippen LogP contribution in [0.3, 0.4) is 0 Å². The lowest BCUT2D eigenvalue weighted by atomic mass is 10.4. The van der Waals surface area contributed by atoms with E-state index >= 15 is 0 Å². The molecule has 0 spiro atoms. The lowest BCUT2D eigenvalue weighted by molar-refractivity contribution is -0.141. The SMILES string of the molecule is C=C(O)C(=O)OCC.C=CC(=O)OC(C#N)C=C. The Hall–Kier alpha value is -2.55. The van der Waals surface area contributed by atoms with Gasteiger partial charge in [-0.15, -0.1) is 0 Å². The van der Waals surface area contributed by atoms with Gasteiger partial charge < -0.3 is 14.6 Å². The maximum absolute atomic E-state index is 10.4. The molecule has 1 N–H and O–H groups in total. The van der Waals surface area contributed by atoms with Gasteiger partial charge in [-0.1, -0.05) is 13.2 Å². The number of ether oxygens (including phenoxy) is 2. The molecule has 98 valence electrons. The topological polar surface area (TPSA) is 96.6 Å². The first-order valence-corrected chi connectivity index (χ1v) is 4.83. The number of aliphatic hydroxyl groups is 1. The molecule has 6 heteroatoms. The van der Waals surface area contributed by atoms with Gasteiger partial charge in [0.1, 0.15) is 6.07 Å². The standard InChI is InChI=1S/C7H7NO2.C5H8O3/c1-3-6(5-8)10-7(9)4-2;1-3-8-5(7)4(2)6/h3-4,6H,1-2H2;6H,2-3H2,1H3. The van der Waals surface area contributed by atoms with Crippen molar-refractivity contribution in [3.05, 3.63) is 37.6 Å². The third-order valence-electron chi connectivity index (χ3n) is 1.26. The Morgan fingerprint density at radius 1 is 1.50 bits per heavy atom. The van der Waals surface area contributed by atoms with Gasteiger partial charge >= 0.3 is 11.9 Å². The van der Waals surface area contributed by atoms with Gasteiger partial charge in [-0.3, -0.25) is 0 Å². The molecule has 0 saturated heterocycles. The quantitative estimate of drug-likeness (QED) is 0.344. The lowest BCUT2D eigenvalue weighted by Crippen LogP contribution is -2.11. The minimum atomic E-state index is -0.870. The molecule has 0 aromatic heterocycles. The summed E-state index contributed by atoms with van der Waals surface area (Å²) < 4.78 is 8.78. The maximum Gasteiger partial charge on any atom is 0.372 e. The van der Waals surface area contributed by atoms with Crippen molar-refractivity contribution in [3.8, 4) is 6.07 Å². The summed E-state index contributed by atoms with van der Waals surface area (Å²) in [5, 5.41) is 16.5. The summed E-state index contributed by atoms with van der Waals surface area (Å²) in [6, 6.07) is 1.71. The van der Waals surface area contributed by atoms with Crippen molar-refractivity contribution in [1.29, 1.82) is 5.26 Å². The van der Waals surface area contributed by atoms with Crippen LogP contribution >= 0.6 is 0 Å². The molecule has 0 fully saturated rings. The van der Waals surface area contributed by atoms with Crippen molar-refractivity contribution in [1.82, 2.24) is 0 Å². The van der Waals surface area contributed by atoms with E-state index in [1.54, 1.807) is 13.0 Å². The van der Waals surface area contributed by atoms with Crippen molar-refractivity contribution >= 4 is 11.9 Å². The van der Waals surface area contributed by atoms with Crippen LogP contribution in [0, 0.1) is 11.3 Å². The normalized spacial score (nSPS) is 9.56. The Morgan fingerprint density at radius 2 is 2.06 bits per heavy atom. The zero-order chi connectivity index (χ0) is 14.6. The highest BCUT2D eigenvalue weighted by Gasteiger charge is 2.04. The molecule has 1 unspecified atom stereocenters. The second kappa shape index (κ2) is 11.0. The van der Waals surface area contributed by atoms with Gasteiger partial charge in [0.05, 0.1) is 6.61 Å². The van der Waals surface area contributed by atoms with Crippen LogP contribution in [0.4, 0.5) is 0 Å². The minimum absolute atomic E-state index is 0.262. The third kappa shape index (κ3) is 9.98. The van der Waals surface area contributed by atoms with Gasteiger partial charge in [0.25, 0.3) is 0 Å². The molecule has 0 rings (SSSR count).